The van der Waals surface area contributed by atoms with Gasteiger partial charge in [-0.1, -0.05) is 0 Å². The summed E-state index contributed by atoms with van der Waals surface area (Å²) in [7, 11) is 1.25. The molecule has 5 nitrogen and oxygen atoms in total. The van der Waals surface area contributed by atoms with Crippen molar-refractivity contribution in [3.8, 4) is 0 Å². The zero-order chi connectivity index (χ0) is 13.1. The van der Waals surface area contributed by atoms with E-state index < -0.39 is 17.5 Å². The van der Waals surface area contributed by atoms with E-state index in [1.165, 1.54) is 25.6 Å². The highest BCUT2D eigenvalue weighted by atomic mass is 16.6. The Morgan fingerprint density at radius 2 is 1.82 bits per heavy atom. The van der Waals surface area contributed by atoms with Crippen molar-refractivity contribution in [2.45, 2.75) is 26.4 Å². The Labute approximate surface area is 99.8 Å². The summed E-state index contributed by atoms with van der Waals surface area (Å²) in [6.07, 6.45) is 2.71. The highest BCUT2D eigenvalue weighted by molar-refractivity contribution is 6.02. The van der Waals surface area contributed by atoms with Crippen LogP contribution in [0.25, 0.3) is 0 Å². The van der Waals surface area contributed by atoms with Crippen molar-refractivity contribution in [2.24, 2.45) is 0 Å². The predicted molar refractivity (Wildman–Crippen MR) is 60.7 cm³/mol. The first-order valence-electron chi connectivity index (χ1n) is 5.11. The normalized spacial score (nSPS) is 10.8. The third kappa shape index (κ3) is 3.55. The van der Waals surface area contributed by atoms with Gasteiger partial charge in [-0.15, -0.1) is 0 Å². The Morgan fingerprint density at radius 3 is 2.35 bits per heavy atom. The maximum atomic E-state index is 11.8. The molecule has 0 amide bonds. The molecule has 0 atom stereocenters. The van der Waals surface area contributed by atoms with E-state index in [9.17, 15) is 9.59 Å². The minimum Gasteiger partial charge on any atom is -0.465 e. The van der Waals surface area contributed by atoms with Crippen LogP contribution in [-0.2, 0) is 9.47 Å². The molecule has 1 heterocycles. The third-order valence-electron chi connectivity index (χ3n) is 1.85. The van der Waals surface area contributed by atoms with Gasteiger partial charge in [0.25, 0.3) is 0 Å². The highest BCUT2D eigenvalue weighted by Crippen LogP contribution is 2.15. The van der Waals surface area contributed by atoms with Crippen molar-refractivity contribution in [2.75, 3.05) is 7.11 Å². The Hall–Kier alpha value is -1.91. The van der Waals surface area contributed by atoms with Gasteiger partial charge in [-0.25, -0.2) is 9.59 Å². The van der Waals surface area contributed by atoms with Crippen molar-refractivity contribution >= 4 is 11.9 Å². The second-order valence-corrected chi connectivity index (χ2v) is 4.41. The van der Waals surface area contributed by atoms with Crippen molar-refractivity contribution in [3.63, 3.8) is 0 Å². The monoisotopic (exact) mass is 237 g/mol. The van der Waals surface area contributed by atoms with E-state index >= 15 is 0 Å². The molecule has 0 saturated heterocycles. The number of hydrogen-bond acceptors (Lipinski definition) is 5. The number of methoxy groups -OCH3 is 1. The number of aromatic nitrogens is 1. The lowest BCUT2D eigenvalue weighted by Gasteiger charge is -2.19. The fourth-order valence-electron chi connectivity index (χ4n) is 1.18. The predicted octanol–water partition coefficient (Wildman–Crippen LogP) is 1.82. The van der Waals surface area contributed by atoms with Crippen LogP contribution in [0.3, 0.4) is 0 Å². The van der Waals surface area contributed by atoms with Crippen LogP contribution in [0.2, 0.25) is 0 Å². The molecule has 0 radical (unpaired) electrons. The average molecular weight is 237 g/mol. The summed E-state index contributed by atoms with van der Waals surface area (Å²) in [5.74, 6) is -1.18. The van der Waals surface area contributed by atoms with Crippen molar-refractivity contribution in [1.29, 1.82) is 0 Å². The van der Waals surface area contributed by atoms with Crippen LogP contribution in [0.5, 0.6) is 0 Å². The van der Waals surface area contributed by atoms with Crippen molar-refractivity contribution in [3.05, 3.63) is 29.6 Å². The molecule has 0 aliphatic rings. The van der Waals surface area contributed by atoms with E-state index in [0.717, 1.165) is 0 Å². The molecule has 0 saturated carbocycles. The summed E-state index contributed by atoms with van der Waals surface area (Å²) in [4.78, 5) is 27.1. The minimum atomic E-state index is -0.625. The highest BCUT2D eigenvalue weighted by Gasteiger charge is 2.23. The van der Waals surface area contributed by atoms with E-state index in [0.29, 0.717) is 0 Å². The second-order valence-electron chi connectivity index (χ2n) is 4.41. The molecule has 0 aliphatic carbocycles. The van der Waals surface area contributed by atoms with E-state index in [-0.39, 0.29) is 11.1 Å². The Balaban J connectivity index is 3.05. The molecule has 0 aliphatic heterocycles. The van der Waals surface area contributed by atoms with Gasteiger partial charge < -0.3 is 9.47 Å². The first-order chi connectivity index (χ1) is 7.85. The molecule has 0 bridgehead atoms. The van der Waals surface area contributed by atoms with Crippen molar-refractivity contribution in [1.82, 2.24) is 4.98 Å². The Morgan fingerprint density at radius 1 is 1.18 bits per heavy atom. The Kier molecular flexibility index (Phi) is 3.83. The molecule has 92 valence electrons. The van der Waals surface area contributed by atoms with Gasteiger partial charge in [0.2, 0.25) is 0 Å². The summed E-state index contributed by atoms with van der Waals surface area (Å²) < 4.78 is 9.76. The minimum absolute atomic E-state index is 0.106. The lowest BCUT2D eigenvalue weighted by molar-refractivity contribution is 0.00648. The molecular weight excluding hydrogens is 222 g/mol. The van der Waals surface area contributed by atoms with Crippen LogP contribution in [0.4, 0.5) is 0 Å². The summed E-state index contributed by atoms with van der Waals surface area (Å²) in [6, 6.07) is 1.42. The molecule has 17 heavy (non-hydrogen) atoms. The number of rotatable bonds is 2. The van der Waals surface area contributed by atoms with Gasteiger partial charge in [0, 0.05) is 12.4 Å². The maximum Gasteiger partial charge on any atom is 0.341 e. The summed E-state index contributed by atoms with van der Waals surface area (Å²) in [6.45, 7) is 5.25. The third-order valence-corrected chi connectivity index (χ3v) is 1.85. The standard InChI is InChI=1S/C12H15NO4/c1-12(2,3)17-11(15)9-7-13-6-5-8(9)10(14)16-4/h5-7H,1-4H3. The van der Waals surface area contributed by atoms with Crippen LogP contribution in [0.1, 0.15) is 41.5 Å². The molecular formula is C12H15NO4. The lowest BCUT2D eigenvalue weighted by Crippen LogP contribution is -2.25. The number of pyridine rings is 1. The van der Waals surface area contributed by atoms with Gasteiger partial charge in [-0.3, -0.25) is 4.98 Å². The molecule has 0 fully saturated rings. The van der Waals surface area contributed by atoms with Gasteiger partial charge in [0.1, 0.15) is 5.60 Å². The molecule has 5 heteroatoms. The fraction of sp³-hybridized carbons (Fsp3) is 0.417. The van der Waals surface area contributed by atoms with Crippen LogP contribution >= 0.6 is 0 Å². The Bertz CT molecular complexity index is 434. The SMILES string of the molecule is COC(=O)c1ccncc1C(=O)OC(C)(C)C. The number of carbonyl (C=O) groups is 2. The topological polar surface area (TPSA) is 65.5 Å². The lowest BCUT2D eigenvalue weighted by atomic mass is 10.1. The molecule has 1 rings (SSSR count). The smallest absolute Gasteiger partial charge is 0.341 e. The average Bonchev–Trinajstić information content (AvgIpc) is 2.25. The van der Waals surface area contributed by atoms with E-state index in [1.807, 2.05) is 0 Å². The van der Waals surface area contributed by atoms with Crippen LogP contribution in [0.15, 0.2) is 18.5 Å². The van der Waals surface area contributed by atoms with Gasteiger partial charge in [0.05, 0.1) is 18.2 Å². The number of hydrogen-bond donors (Lipinski definition) is 0. The zero-order valence-electron chi connectivity index (χ0n) is 10.3. The van der Waals surface area contributed by atoms with Gasteiger partial charge in [0.15, 0.2) is 0 Å². The van der Waals surface area contributed by atoms with Crippen LogP contribution in [-0.4, -0.2) is 29.6 Å². The first kappa shape index (κ1) is 13.2. The van der Waals surface area contributed by atoms with Gasteiger partial charge >= 0.3 is 11.9 Å². The first-order valence-corrected chi connectivity index (χ1v) is 5.11. The maximum absolute atomic E-state index is 11.8. The molecule has 0 aromatic carbocycles. The largest absolute Gasteiger partial charge is 0.465 e. The number of ether oxygens (including phenoxy) is 2. The summed E-state index contributed by atoms with van der Waals surface area (Å²) >= 11 is 0. The quantitative estimate of drug-likeness (QED) is 0.734. The van der Waals surface area contributed by atoms with Crippen LogP contribution in [0, 0.1) is 0 Å². The molecule has 0 unspecified atom stereocenters. The number of carbonyl (C=O) groups excluding carboxylic acids is 2. The summed E-state index contributed by atoms with van der Waals surface area (Å²) in [5.41, 5.74) is -0.369. The number of esters is 2. The van der Waals surface area contributed by atoms with Crippen molar-refractivity contribution < 1.29 is 19.1 Å². The number of nitrogens with zero attached hydrogens (tertiary/aromatic N) is 1. The molecule has 1 aromatic rings. The van der Waals surface area contributed by atoms with Gasteiger partial charge in [-0.05, 0) is 26.8 Å². The fourth-order valence-corrected chi connectivity index (χ4v) is 1.18. The zero-order valence-corrected chi connectivity index (χ0v) is 10.3. The van der Waals surface area contributed by atoms with E-state index in [2.05, 4.69) is 9.72 Å². The second kappa shape index (κ2) is 4.95. The molecule has 0 spiro atoms. The molecule has 0 N–H and O–H groups in total. The summed E-state index contributed by atoms with van der Waals surface area (Å²) in [5, 5.41) is 0. The van der Waals surface area contributed by atoms with E-state index in [1.54, 1.807) is 20.8 Å². The molecule has 1 aromatic heterocycles. The van der Waals surface area contributed by atoms with Crippen LogP contribution < -0.4 is 0 Å². The van der Waals surface area contributed by atoms with Gasteiger partial charge in [-0.2, -0.15) is 0 Å². The van der Waals surface area contributed by atoms with E-state index in [4.69, 9.17) is 4.74 Å².